The lowest BCUT2D eigenvalue weighted by atomic mass is 10.0. The number of nitrogens with zero attached hydrogens (tertiary/aromatic N) is 2. The Hall–Kier alpha value is -6.99. The van der Waals surface area contributed by atoms with Crippen LogP contribution in [0, 0.1) is 0 Å². The Bertz CT molecular complexity index is 3470. The molecule has 3 aromatic heterocycles. The normalized spacial score (nSPS) is 12.8. The third-order valence-corrected chi connectivity index (χ3v) is 12.9. The first-order valence-corrected chi connectivity index (χ1v) is 22.6. The minimum Gasteiger partial charge on any atom is -0.398 e. The summed E-state index contributed by atoms with van der Waals surface area (Å²) in [4.78, 5) is 16.4. The van der Waals surface area contributed by atoms with Gasteiger partial charge in [0.25, 0.3) is 30.4 Å². The van der Waals surface area contributed by atoms with E-state index in [0.29, 0.717) is 95.0 Å². The van der Waals surface area contributed by atoms with Crippen LogP contribution in [0.5, 0.6) is 0 Å². The summed E-state index contributed by atoms with van der Waals surface area (Å²) in [5, 5.41) is 0. The maximum absolute atomic E-state index is 12.0. The highest BCUT2D eigenvalue weighted by Gasteiger charge is 2.21. The van der Waals surface area contributed by atoms with Crippen molar-refractivity contribution in [2.24, 2.45) is 0 Å². The fourth-order valence-electron chi connectivity index (χ4n) is 7.51. The van der Waals surface area contributed by atoms with Crippen LogP contribution in [0.4, 0.5) is 5.69 Å². The average molecular weight is 870 g/mol. The second kappa shape index (κ2) is 14.6. The fourth-order valence-corrected chi connectivity index (χ4v) is 8.95. The zero-order valence-electron chi connectivity index (χ0n) is 31.3. The van der Waals surface area contributed by atoms with Gasteiger partial charge in [-0.2, -0.15) is 25.3 Å². The van der Waals surface area contributed by atoms with Crippen molar-refractivity contribution >= 4 is 82.4 Å². The second-order valence-electron chi connectivity index (χ2n) is 14.1. The van der Waals surface area contributed by atoms with Gasteiger partial charge in [0.15, 0.2) is 0 Å². The Labute approximate surface area is 348 Å². The van der Waals surface area contributed by atoms with Gasteiger partial charge in [-0.1, -0.05) is 54.6 Å². The molecule has 5 heterocycles. The van der Waals surface area contributed by atoms with E-state index >= 15 is 0 Å². The van der Waals surface area contributed by atoms with Crippen LogP contribution in [0.25, 0.3) is 90.9 Å². The predicted molar refractivity (Wildman–Crippen MR) is 234 cm³/mol. The summed E-state index contributed by atoms with van der Waals surface area (Å²) in [6, 6.07) is 31.7. The summed E-state index contributed by atoms with van der Waals surface area (Å²) in [7, 11) is -13.5. The standard InChI is InChI=1S/C44H31N5O9S3/c45-32-4-2-1-3-31(32)44-39-23-21-37(48-39)42(26-7-13-29(14-8-26)60(53,54)55)35-19-17-33(46-35)41(25-5-11-28(12-6-25)59(50,51)52)34-18-20-36(47-34)43(38-22-24-40(44)49-38)27-9-15-30(16-10-27)61(56,57)58/h1-24,46,49H,45H2,(H,50,51,52)(H,53,54,55)(H,56,57,58). The Morgan fingerprint density at radius 2 is 0.689 bits per heavy atom. The molecule has 2 aliphatic heterocycles. The molecule has 0 fully saturated rings. The van der Waals surface area contributed by atoms with Crippen molar-refractivity contribution in [3.8, 4) is 44.5 Å². The van der Waals surface area contributed by atoms with Crippen molar-refractivity contribution in [1.82, 2.24) is 19.9 Å². The molecule has 14 nitrogen and oxygen atoms in total. The molecular weight excluding hydrogens is 839 g/mol. The van der Waals surface area contributed by atoms with Gasteiger partial charge < -0.3 is 15.7 Å². The van der Waals surface area contributed by atoms with E-state index in [-0.39, 0.29) is 14.7 Å². The summed E-state index contributed by atoms with van der Waals surface area (Å²) >= 11 is 0. The molecule has 0 atom stereocenters. The molecule has 2 aliphatic rings. The van der Waals surface area contributed by atoms with E-state index in [1.165, 1.54) is 48.5 Å². The smallest absolute Gasteiger partial charge is 0.294 e. The van der Waals surface area contributed by atoms with Gasteiger partial charge in [-0.05, 0) is 108 Å². The number of hydrogen-bond donors (Lipinski definition) is 6. The van der Waals surface area contributed by atoms with E-state index in [0.717, 1.165) is 0 Å². The zero-order valence-corrected chi connectivity index (χ0v) is 33.8. The topological polar surface area (TPSA) is 246 Å². The first-order valence-electron chi connectivity index (χ1n) is 18.3. The van der Waals surface area contributed by atoms with Crippen LogP contribution in [0.2, 0.25) is 0 Å². The van der Waals surface area contributed by atoms with Crippen LogP contribution >= 0.6 is 0 Å². The average Bonchev–Trinajstić information content (AvgIpc) is 4.06. The van der Waals surface area contributed by atoms with Crippen molar-refractivity contribution in [2.45, 2.75) is 14.7 Å². The van der Waals surface area contributed by atoms with E-state index in [2.05, 4.69) is 9.97 Å². The van der Waals surface area contributed by atoms with E-state index in [4.69, 9.17) is 15.7 Å². The van der Waals surface area contributed by atoms with E-state index in [1.54, 1.807) is 42.5 Å². The summed E-state index contributed by atoms with van der Waals surface area (Å²) in [6.07, 6.45) is 7.22. The lowest BCUT2D eigenvalue weighted by molar-refractivity contribution is 0.481. The highest BCUT2D eigenvalue weighted by molar-refractivity contribution is 7.86. The maximum atomic E-state index is 12.0. The number of rotatable bonds is 7. The van der Waals surface area contributed by atoms with Crippen molar-refractivity contribution < 1.29 is 38.9 Å². The maximum Gasteiger partial charge on any atom is 0.294 e. The number of hydrogen-bond acceptors (Lipinski definition) is 9. The molecule has 17 heteroatoms. The highest BCUT2D eigenvalue weighted by atomic mass is 32.2. The van der Waals surface area contributed by atoms with Crippen molar-refractivity contribution in [3.63, 3.8) is 0 Å². The second-order valence-corrected chi connectivity index (χ2v) is 18.4. The number of anilines is 1. The minimum absolute atomic E-state index is 0.293. The van der Waals surface area contributed by atoms with Crippen LogP contribution in [0.15, 0.2) is 136 Å². The number of nitrogen functional groups attached to an aromatic ring is 1. The molecule has 0 unspecified atom stereocenters. The Balaban J connectivity index is 1.45. The number of benzene rings is 4. The van der Waals surface area contributed by atoms with Gasteiger partial charge in [0.05, 0.1) is 37.5 Å². The van der Waals surface area contributed by atoms with Crippen LogP contribution in [0.1, 0.15) is 22.8 Å². The summed E-state index contributed by atoms with van der Waals surface area (Å²) in [5.74, 6) is 0. The van der Waals surface area contributed by atoms with Gasteiger partial charge in [0.2, 0.25) is 0 Å². The number of nitrogens with two attached hydrogens (primary N) is 1. The molecule has 0 aliphatic carbocycles. The molecule has 8 bridgehead atoms. The SMILES string of the molecule is Nc1ccccc1-c1c2nc(c(-c3ccc(S(=O)(=O)O)cc3)c3ccc([nH]3)c(-c3ccc(S(=O)(=O)O)cc3)c3nc(c(-c4ccc(S(=O)(=O)O)cc4)c4ccc1[nH]4)C=C3)C=C2. The molecule has 0 radical (unpaired) electrons. The van der Waals surface area contributed by atoms with Crippen molar-refractivity contribution in [1.29, 1.82) is 0 Å². The lowest BCUT2D eigenvalue weighted by Gasteiger charge is -2.09. The van der Waals surface area contributed by atoms with Gasteiger partial charge >= 0.3 is 0 Å². The Kier molecular flexibility index (Phi) is 9.46. The number of aromatic nitrogens is 4. The zero-order chi connectivity index (χ0) is 42.8. The Morgan fingerprint density at radius 1 is 0.393 bits per heavy atom. The third kappa shape index (κ3) is 7.46. The van der Waals surface area contributed by atoms with Crippen molar-refractivity contribution in [3.05, 3.63) is 144 Å². The predicted octanol–water partition coefficient (Wildman–Crippen LogP) is 8.65. The number of aromatic amines is 2. The molecule has 0 amide bonds. The summed E-state index contributed by atoms with van der Waals surface area (Å²) in [6.45, 7) is 0. The fraction of sp³-hybridized carbons (Fsp3) is 0. The largest absolute Gasteiger partial charge is 0.398 e. The molecular formula is C44H31N5O9S3. The molecule has 0 saturated heterocycles. The van der Waals surface area contributed by atoms with Crippen LogP contribution < -0.4 is 5.73 Å². The quantitative estimate of drug-likeness (QED) is 0.0651. The van der Waals surface area contributed by atoms with Gasteiger partial charge in [0, 0.05) is 55.6 Å². The van der Waals surface area contributed by atoms with Crippen LogP contribution in [0.3, 0.4) is 0 Å². The van der Waals surface area contributed by atoms with E-state index in [9.17, 15) is 38.9 Å². The van der Waals surface area contributed by atoms with Crippen molar-refractivity contribution in [2.75, 3.05) is 5.73 Å². The molecule has 61 heavy (non-hydrogen) atoms. The highest BCUT2D eigenvalue weighted by Crippen LogP contribution is 2.40. The monoisotopic (exact) mass is 869 g/mol. The molecule has 0 spiro atoms. The van der Waals surface area contributed by atoms with E-state index in [1.807, 2.05) is 54.6 Å². The van der Waals surface area contributed by atoms with Gasteiger partial charge in [0.1, 0.15) is 0 Å². The molecule has 0 saturated carbocycles. The van der Waals surface area contributed by atoms with Gasteiger partial charge in [-0.25, -0.2) is 9.97 Å². The van der Waals surface area contributed by atoms with E-state index < -0.39 is 30.4 Å². The number of fused-ring (bicyclic) bond motifs is 8. The number of H-pyrrole nitrogens is 2. The molecule has 4 aromatic carbocycles. The summed E-state index contributed by atoms with van der Waals surface area (Å²) < 4.78 is 101. The number of para-hydroxylation sites is 1. The third-order valence-electron chi connectivity index (χ3n) is 10.3. The molecule has 7 aromatic rings. The van der Waals surface area contributed by atoms with Crippen LogP contribution in [-0.2, 0) is 30.4 Å². The lowest BCUT2D eigenvalue weighted by Crippen LogP contribution is -1.97. The van der Waals surface area contributed by atoms with Gasteiger partial charge in [-0.15, -0.1) is 0 Å². The first kappa shape index (κ1) is 39.5. The molecule has 304 valence electrons. The number of nitrogens with one attached hydrogen (secondary N) is 2. The van der Waals surface area contributed by atoms with Gasteiger partial charge in [-0.3, -0.25) is 13.7 Å². The first-order chi connectivity index (χ1) is 29.0. The molecule has 7 N–H and O–H groups in total. The van der Waals surface area contributed by atoms with Crippen LogP contribution in [-0.4, -0.2) is 58.8 Å². The molecule has 9 rings (SSSR count). The minimum atomic E-state index is -4.51. The Morgan fingerprint density at radius 3 is 1.00 bits per heavy atom. The summed E-state index contributed by atoms with van der Waals surface area (Å²) in [5.41, 5.74) is 16.0.